The molecule has 2 aromatic rings. The molecule has 0 saturated carbocycles. The molecule has 4 N–H and O–H groups in total. The van der Waals surface area contributed by atoms with Crippen LogP contribution < -0.4 is 5.73 Å². The fraction of sp³-hybridized carbons (Fsp3) is 0.286. The van der Waals surface area contributed by atoms with E-state index in [2.05, 4.69) is 10.3 Å². The lowest BCUT2D eigenvalue weighted by Crippen LogP contribution is -2.21. The standard InChI is InChI=1S/C14H17FN4O2/c15-11-4-1-10(2-5-11)3-6-14-13(7-16)17-18-19(14)8-12(21)9-20/h1-6,12,20-21H,7-9,16H2/b6-3+. The van der Waals surface area contributed by atoms with Crippen molar-refractivity contribution in [2.24, 2.45) is 5.73 Å². The molecule has 2 rings (SSSR count). The van der Waals surface area contributed by atoms with Crippen LogP contribution in [-0.4, -0.2) is 37.9 Å². The highest BCUT2D eigenvalue weighted by molar-refractivity contribution is 5.68. The maximum absolute atomic E-state index is 12.8. The maximum atomic E-state index is 12.8. The van der Waals surface area contributed by atoms with Crippen molar-refractivity contribution in [2.45, 2.75) is 19.2 Å². The van der Waals surface area contributed by atoms with Gasteiger partial charge in [-0.1, -0.05) is 23.4 Å². The lowest BCUT2D eigenvalue weighted by Gasteiger charge is -2.08. The van der Waals surface area contributed by atoms with Crippen LogP contribution in [0.3, 0.4) is 0 Å². The van der Waals surface area contributed by atoms with E-state index in [9.17, 15) is 9.50 Å². The van der Waals surface area contributed by atoms with E-state index in [1.807, 2.05) is 0 Å². The fourth-order valence-electron chi connectivity index (χ4n) is 1.83. The Labute approximate surface area is 121 Å². The molecule has 0 aliphatic heterocycles. The molecule has 112 valence electrons. The van der Waals surface area contributed by atoms with E-state index in [0.29, 0.717) is 11.4 Å². The summed E-state index contributed by atoms with van der Waals surface area (Å²) in [7, 11) is 0. The Morgan fingerprint density at radius 1 is 1.29 bits per heavy atom. The summed E-state index contributed by atoms with van der Waals surface area (Å²) in [4.78, 5) is 0. The predicted octanol–water partition coefficient (Wildman–Crippen LogP) is 0.400. The van der Waals surface area contributed by atoms with Crippen molar-refractivity contribution in [2.75, 3.05) is 6.61 Å². The molecule has 7 heteroatoms. The van der Waals surface area contributed by atoms with Crippen LogP contribution in [0.5, 0.6) is 0 Å². The molecule has 0 aliphatic rings. The monoisotopic (exact) mass is 292 g/mol. The van der Waals surface area contributed by atoms with Crippen LogP contribution in [0, 0.1) is 5.82 Å². The van der Waals surface area contributed by atoms with Crippen molar-refractivity contribution in [3.63, 3.8) is 0 Å². The summed E-state index contributed by atoms with van der Waals surface area (Å²) in [6.45, 7) is -0.0379. The predicted molar refractivity (Wildman–Crippen MR) is 76.3 cm³/mol. The largest absolute Gasteiger partial charge is 0.394 e. The average Bonchev–Trinajstić information content (AvgIpc) is 2.88. The molecular formula is C14H17FN4O2. The average molecular weight is 292 g/mol. The second-order valence-electron chi connectivity index (χ2n) is 4.53. The van der Waals surface area contributed by atoms with Crippen molar-refractivity contribution in [1.29, 1.82) is 0 Å². The van der Waals surface area contributed by atoms with Gasteiger partial charge in [0.15, 0.2) is 0 Å². The van der Waals surface area contributed by atoms with Gasteiger partial charge in [0.05, 0.1) is 24.9 Å². The molecule has 1 heterocycles. The summed E-state index contributed by atoms with van der Waals surface area (Å²) in [5.74, 6) is -0.299. The van der Waals surface area contributed by atoms with E-state index in [4.69, 9.17) is 10.8 Å². The second-order valence-corrected chi connectivity index (χ2v) is 4.53. The number of rotatable bonds is 6. The highest BCUT2D eigenvalue weighted by Gasteiger charge is 2.12. The van der Waals surface area contributed by atoms with Crippen molar-refractivity contribution in [3.8, 4) is 0 Å². The minimum Gasteiger partial charge on any atom is -0.394 e. The summed E-state index contributed by atoms with van der Waals surface area (Å²) >= 11 is 0. The fourth-order valence-corrected chi connectivity index (χ4v) is 1.83. The van der Waals surface area contributed by atoms with Gasteiger partial charge in [-0.2, -0.15) is 0 Å². The summed E-state index contributed by atoms with van der Waals surface area (Å²) < 4.78 is 14.3. The Bertz CT molecular complexity index is 610. The van der Waals surface area contributed by atoms with Gasteiger partial charge in [0.2, 0.25) is 0 Å². The molecule has 1 unspecified atom stereocenters. The molecule has 21 heavy (non-hydrogen) atoms. The number of benzene rings is 1. The number of hydrogen-bond donors (Lipinski definition) is 3. The Morgan fingerprint density at radius 3 is 2.62 bits per heavy atom. The molecule has 0 spiro atoms. The normalized spacial score (nSPS) is 13.0. The van der Waals surface area contributed by atoms with Crippen molar-refractivity contribution >= 4 is 12.2 Å². The van der Waals surface area contributed by atoms with E-state index in [-0.39, 0.29) is 25.5 Å². The third-order valence-corrected chi connectivity index (χ3v) is 2.94. The zero-order valence-corrected chi connectivity index (χ0v) is 11.4. The minimum absolute atomic E-state index is 0.118. The third-order valence-electron chi connectivity index (χ3n) is 2.94. The number of nitrogens with two attached hydrogens (primary N) is 1. The number of nitrogens with zero attached hydrogens (tertiary/aromatic N) is 3. The van der Waals surface area contributed by atoms with Crippen LogP contribution >= 0.6 is 0 Å². The van der Waals surface area contributed by atoms with Gasteiger partial charge in [-0.25, -0.2) is 9.07 Å². The lowest BCUT2D eigenvalue weighted by atomic mass is 10.2. The van der Waals surface area contributed by atoms with Gasteiger partial charge in [0.25, 0.3) is 0 Å². The first-order valence-electron chi connectivity index (χ1n) is 6.49. The number of halogens is 1. The first-order valence-corrected chi connectivity index (χ1v) is 6.49. The molecule has 0 bridgehead atoms. The molecule has 0 saturated heterocycles. The molecule has 0 amide bonds. The highest BCUT2D eigenvalue weighted by atomic mass is 19.1. The van der Waals surface area contributed by atoms with E-state index >= 15 is 0 Å². The molecule has 1 aromatic carbocycles. The van der Waals surface area contributed by atoms with Crippen LogP contribution in [0.2, 0.25) is 0 Å². The molecular weight excluding hydrogens is 275 g/mol. The molecule has 6 nitrogen and oxygen atoms in total. The topological polar surface area (TPSA) is 97.2 Å². The van der Waals surface area contributed by atoms with Crippen LogP contribution in [0.25, 0.3) is 12.2 Å². The van der Waals surface area contributed by atoms with Crippen LogP contribution in [-0.2, 0) is 13.1 Å². The van der Waals surface area contributed by atoms with E-state index < -0.39 is 6.10 Å². The molecule has 0 fully saturated rings. The van der Waals surface area contributed by atoms with E-state index in [0.717, 1.165) is 5.56 Å². The summed E-state index contributed by atoms with van der Waals surface area (Å²) in [6, 6.07) is 6.03. The SMILES string of the molecule is NCc1nnn(CC(O)CO)c1/C=C/c1ccc(F)cc1. The summed E-state index contributed by atoms with van der Waals surface area (Å²) in [6.07, 6.45) is 2.61. The van der Waals surface area contributed by atoms with Gasteiger partial charge < -0.3 is 15.9 Å². The van der Waals surface area contributed by atoms with Gasteiger partial charge in [0, 0.05) is 6.54 Å². The number of aromatic nitrogens is 3. The van der Waals surface area contributed by atoms with Crippen molar-refractivity contribution in [1.82, 2.24) is 15.0 Å². The van der Waals surface area contributed by atoms with Crippen molar-refractivity contribution < 1.29 is 14.6 Å². The molecule has 1 aromatic heterocycles. The summed E-state index contributed by atoms with van der Waals surface area (Å²) in [5, 5.41) is 26.2. The van der Waals surface area contributed by atoms with E-state index in [1.165, 1.54) is 16.8 Å². The Hall–Kier alpha value is -2.09. The van der Waals surface area contributed by atoms with Gasteiger partial charge in [0.1, 0.15) is 11.5 Å². The molecule has 0 radical (unpaired) electrons. The van der Waals surface area contributed by atoms with Gasteiger partial charge in [-0.3, -0.25) is 0 Å². The number of aliphatic hydroxyl groups excluding tert-OH is 2. The maximum Gasteiger partial charge on any atom is 0.123 e. The number of aliphatic hydroxyl groups is 2. The van der Waals surface area contributed by atoms with Crippen molar-refractivity contribution in [3.05, 3.63) is 47.0 Å². The van der Waals surface area contributed by atoms with Gasteiger partial charge in [-0.15, -0.1) is 5.10 Å². The zero-order valence-electron chi connectivity index (χ0n) is 11.4. The Balaban J connectivity index is 2.24. The molecule has 1 atom stereocenters. The van der Waals surface area contributed by atoms with Gasteiger partial charge >= 0.3 is 0 Å². The van der Waals surface area contributed by atoms with Crippen LogP contribution in [0.1, 0.15) is 17.0 Å². The minimum atomic E-state index is -0.921. The first-order chi connectivity index (χ1) is 10.1. The molecule has 0 aliphatic carbocycles. The smallest absolute Gasteiger partial charge is 0.123 e. The van der Waals surface area contributed by atoms with Crippen LogP contribution in [0.15, 0.2) is 24.3 Å². The zero-order chi connectivity index (χ0) is 15.2. The first kappa shape index (κ1) is 15.3. The van der Waals surface area contributed by atoms with E-state index in [1.54, 1.807) is 24.3 Å². The quantitative estimate of drug-likeness (QED) is 0.716. The van der Waals surface area contributed by atoms with Gasteiger partial charge in [-0.05, 0) is 23.8 Å². The van der Waals surface area contributed by atoms with Crippen LogP contribution in [0.4, 0.5) is 4.39 Å². The highest BCUT2D eigenvalue weighted by Crippen LogP contribution is 2.12. The third kappa shape index (κ3) is 3.94. The number of hydrogen-bond acceptors (Lipinski definition) is 5. The Kier molecular flexibility index (Phi) is 5.15. The summed E-state index contributed by atoms with van der Waals surface area (Å²) in [5.41, 5.74) is 7.65. The Morgan fingerprint density at radius 2 is 2.00 bits per heavy atom. The second kappa shape index (κ2) is 7.07. The lowest BCUT2D eigenvalue weighted by molar-refractivity contribution is 0.0776.